The van der Waals surface area contributed by atoms with Crippen LogP contribution in [0, 0.1) is 17.0 Å². The number of pyridine rings is 1. The van der Waals surface area contributed by atoms with Crippen molar-refractivity contribution in [3.63, 3.8) is 0 Å². The molecule has 0 bridgehead atoms. The van der Waals surface area contributed by atoms with E-state index in [1.807, 2.05) is 0 Å². The van der Waals surface area contributed by atoms with Gasteiger partial charge in [0.15, 0.2) is 5.79 Å². The summed E-state index contributed by atoms with van der Waals surface area (Å²) in [6, 6.07) is 6.46. The summed E-state index contributed by atoms with van der Waals surface area (Å²) in [5.74, 6) is -4.20. The van der Waals surface area contributed by atoms with Crippen LogP contribution in [-0.2, 0) is 19.1 Å². The van der Waals surface area contributed by atoms with Gasteiger partial charge in [0.25, 0.3) is 5.91 Å². The number of amidine groups is 1. The molecule has 2 aromatic heterocycles. The molecule has 1 aromatic carbocycles. The molecule has 5 rings (SSSR count). The van der Waals surface area contributed by atoms with Gasteiger partial charge in [0, 0.05) is 40.1 Å². The van der Waals surface area contributed by atoms with Gasteiger partial charge >= 0.3 is 0 Å². The van der Waals surface area contributed by atoms with Gasteiger partial charge < -0.3 is 30.7 Å². The van der Waals surface area contributed by atoms with Crippen LogP contribution in [0.2, 0.25) is 0 Å². The molecule has 2 fully saturated rings. The summed E-state index contributed by atoms with van der Waals surface area (Å²) in [4.78, 5) is 45.4. The molecule has 0 aliphatic carbocycles. The molecule has 1 unspecified atom stereocenters. The van der Waals surface area contributed by atoms with Crippen molar-refractivity contribution in [2.24, 2.45) is 5.73 Å². The van der Waals surface area contributed by atoms with Crippen molar-refractivity contribution in [1.29, 1.82) is 5.41 Å². The molecule has 11 nitrogen and oxygen atoms in total. The lowest BCUT2D eigenvalue weighted by Gasteiger charge is -2.25. The average molecular weight is 599 g/mol. The molecule has 2 atom stereocenters. The quantitative estimate of drug-likeness (QED) is 0.229. The number of nitrogen functional groups attached to an aromatic ring is 1. The highest BCUT2D eigenvalue weighted by Crippen LogP contribution is 2.35. The van der Waals surface area contributed by atoms with Gasteiger partial charge in [0.05, 0.1) is 32.3 Å². The molecule has 3 aromatic rings. The Hall–Kier alpha value is -4.27. The lowest BCUT2D eigenvalue weighted by molar-refractivity contribution is -0.152. The van der Waals surface area contributed by atoms with Crippen molar-refractivity contribution in [2.75, 3.05) is 26.3 Å². The highest BCUT2D eigenvalue weighted by atomic mass is 32.1. The molecule has 14 heteroatoms. The summed E-state index contributed by atoms with van der Waals surface area (Å²) in [7, 11) is 0. The molecule has 1 spiro atoms. The van der Waals surface area contributed by atoms with Crippen molar-refractivity contribution in [3.05, 3.63) is 75.7 Å². The fraction of sp³-hybridized carbons (Fsp3) is 0.321. The second-order valence-electron chi connectivity index (χ2n) is 9.97. The Morgan fingerprint density at radius 1 is 1.21 bits per heavy atom. The number of hydrogen-bond donors (Lipinski definition) is 4. The third kappa shape index (κ3) is 6.15. The second kappa shape index (κ2) is 11.9. The van der Waals surface area contributed by atoms with E-state index in [1.54, 1.807) is 18.4 Å². The van der Waals surface area contributed by atoms with E-state index >= 15 is 0 Å². The largest absolute Gasteiger partial charge is 0.384 e. The number of ether oxygens (including phenoxy) is 2. The lowest BCUT2D eigenvalue weighted by Crippen LogP contribution is -2.49. The van der Waals surface area contributed by atoms with E-state index in [1.165, 1.54) is 40.5 Å². The van der Waals surface area contributed by atoms with Gasteiger partial charge in [-0.1, -0.05) is 12.1 Å². The number of halogens is 2. The number of aromatic nitrogens is 1. The Kier molecular flexibility index (Phi) is 8.29. The Bertz CT molecular complexity index is 1530. The molecule has 42 heavy (non-hydrogen) atoms. The molecule has 3 amide bonds. The first-order valence-corrected chi connectivity index (χ1v) is 13.9. The van der Waals surface area contributed by atoms with Gasteiger partial charge in [0.1, 0.15) is 29.2 Å². The van der Waals surface area contributed by atoms with Crippen LogP contribution in [0.25, 0.3) is 11.1 Å². The Morgan fingerprint density at radius 2 is 1.93 bits per heavy atom. The zero-order valence-corrected chi connectivity index (χ0v) is 23.3. The number of nitrogens with zero attached hydrogens (tertiary/aromatic N) is 2. The van der Waals surface area contributed by atoms with Gasteiger partial charge in [0.2, 0.25) is 11.8 Å². The first-order valence-electron chi connectivity index (χ1n) is 13.1. The normalized spacial score (nSPS) is 18.2. The Balaban J connectivity index is 1.24. The van der Waals surface area contributed by atoms with E-state index in [0.717, 1.165) is 17.1 Å². The molecule has 2 aliphatic heterocycles. The first kappa shape index (κ1) is 29.2. The lowest BCUT2D eigenvalue weighted by atomic mass is 10.1. The highest BCUT2D eigenvalue weighted by molar-refractivity contribution is 7.10. The third-order valence-electron chi connectivity index (χ3n) is 7.09. The summed E-state index contributed by atoms with van der Waals surface area (Å²) < 4.78 is 39.4. The van der Waals surface area contributed by atoms with Crippen molar-refractivity contribution in [2.45, 2.75) is 31.2 Å². The minimum absolute atomic E-state index is 0.0130. The number of benzene rings is 1. The number of nitrogens with two attached hydrogens (primary N) is 1. The van der Waals surface area contributed by atoms with E-state index in [0.29, 0.717) is 24.3 Å². The Labute approximate surface area is 243 Å². The van der Waals surface area contributed by atoms with Gasteiger partial charge in [-0.05, 0) is 30.7 Å². The highest BCUT2D eigenvalue weighted by Gasteiger charge is 2.52. The minimum Gasteiger partial charge on any atom is -0.384 e. The maximum absolute atomic E-state index is 14.7. The van der Waals surface area contributed by atoms with Crippen LogP contribution in [0.5, 0.6) is 0 Å². The molecule has 5 N–H and O–H groups in total. The maximum Gasteiger partial charge on any atom is 0.270 e. The topological polar surface area (TPSA) is 160 Å². The third-order valence-corrected chi connectivity index (χ3v) is 8.20. The molecule has 220 valence electrons. The van der Waals surface area contributed by atoms with E-state index in [-0.39, 0.29) is 30.1 Å². The fourth-order valence-electron chi connectivity index (χ4n) is 4.89. The molecule has 2 saturated heterocycles. The maximum atomic E-state index is 14.7. The number of carbonyl (C=O) groups is 3. The van der Waals surface area contributed by atoms with Crippen molar-refractivity contribution >= 4 is 34.9 Å². The van der Waals surface area contributed by atoms with Crippen LogP contribution in [0.1, 0.15) is 40.3 Å². The number of amides is 3. The van der Waals surface area contributed by atoms with Crippen LogP contribution in [0.4, 0.5) is 8.78 Å². The second-order valence-corrected chi connectivity index (χ2v) is 10.9. The predicted molar refractivity (Wildman–Crippen MR) is 149 cm³/mol. The Morgan fingerprint density at radius 3 is 2.57 bits per heavy atom. The average Bonchev–Trinajstić information content (AvgIpc) is 3.73. The zero-order chi connectivity index (χ0) is 30.0. The molecular formula is C28H28F2N6O5S. The van der Waals surface area contributed by atoms with Crippen molar-refractivity contribution < 1.29 is 32.6 Å². The van der Waals surface area contributed by atoms with Crippen LogP contribution in [0.3, 0.4) is 0 Å². The van der Waals surface area contributed by atoms with E-state index in [4.69, 9.17) is 20.6 Å². The van der Waals surface area contributed by atoms with E-state index < -0.39 is 53.8 Å². The minimum atomic E-state index is -1.13. The number of hydrogen-bond acceptors (Lipinski definition) is 8. The summed E-state index contributed by atoms with van der Waals surface area (Å²) in [6.07, 6.45) is 1.26. The molecular weight excluding hydrogens is 570 g/mol. The van der Waals surface area contributed by atoms with Gasteiger partial charge in [-0.3, -0.25) is 24.8 Å². The van der Waals surface area contributed by atoms with Crippen molar-refractivity contribution in [3.8, 4) is 11.1 Å². The number of nitrogens with one attached hydrogen (secondary N) is 3. The monoisotopic (exact) mass is 598 g/mol. The van der Waals surface area contributed by atoms with Gasteiger partial charge in [-0.25, -0.2) is 8.78 Å². The SMILES string of the molecule is C[C@@H](NC(=O)C1CC2(CN1C(=O)CNC(=O)c1cc(F)c(-c3ccc(F)cc3)cn1)OCCO2)c1cc(C(=N)N)cs1. The molecule has 4 heterocycles. The predicted octanol–water partition coefficient (Wildman–Crippen LogP) is 2.32. The van der Waals surface area contributed by atoms with E-state index in [9.17, 15) is 23.2 Å². The summed E-state index contributed by atoms with van der Waals surface area (Å²) in [6.45, 7) is 1.92. The van der Waals surface area contributed by atoms with Crippen LogP contribution >= 0.6 is 11.3 Å². The number of thiophene rings is 1. The molecule has 0 saturated carbocycles. The van der Waals surface area contributed by atoms with Crippen LogP contribution in [-0.4, -0.2) is 71.6 Å². The zero-order valence-electron chi connectivity index (χ0n) is 22.5. The van der Waals surface area contributed by atoms with Crippen LogP contribution in [0.15, 0.2) is 48.0 Å². The summed E-state index contributed by atoms with van der Waals surface area (Å²) >= 11 is 1.35. The molecule has 2 aliphatic rings. The summed E-state index contributed by atoms with van der Waals surface area (Å²) in [5.41, 5.74) is 6.32. The molecule has 0 radical (unpaired) electrons. The number of carbonyl (C=O) groups excluding carboxylic acids is 3. The number of likely N-dealkylation sites (tertiary alicyclic amines) is 1. The van der Waals surface area contributed by atoms with Crippen LogP contribution < -0.4 is 16.4 Å². The smallest absolute Gasteiger partial charge is 0.270 e. The van der Waals surface area contributed by atoms with Gasteiger partial charge in [-0.15, -0.1) is 11.3 Å². The van der Waals surface area contributed by atoms with Gasteiger partial charge in [-0.2, -0.15) is 0 Å². The van der Waals surface area contributed by atoms with Crippen molar-refractivity contribution in [1.82, 2.24) is 20.5 Å². The standard InChI is InChI=1S/C28H28F2N6O5S/c1-15(23-8-17(13-42-23)25(31)32)35-27(39)22-10-28(40-6-7-41-28)14-36(22)24(37)12-34-26(38)21-9-20(30)19(11-33-21)16-2-4-18(29)5-3-16/h2-5,8-9,11,13,15,22H,6-7,10,12,14H2,1H3,(H3,31,32)(H,34,38)(H,35,39)/t15-,22?/m1/s1. The summed E-state index contributed by atoms with van der Waals surface area (Å²) in [5, 5.41) is 14.6. The van der Waals surface area contributed by atoms with E-state index in [2.05, 4.69) is 15.6 Å². The number of rotatable bonds is 8. The fourth-order valence-corrected chi connectivity index (χ4v) is 5.80. The first-order chi connectivity index (χ1) is 20.0.